The Labute approximate surface area is 212 Å². The van der Waals surface area contributed by atoms with Crippen LogP contribution in [0.1, 0.15) is 31.8 Å². The molecule has 0 aliphatic carbocycles. The fourth-order valence-corrected chi connectivity index (χ4v) is 4.61. The highest BCUT2D eigenvalue weighted by molar-refractivity contribution is 7.99. The van der Waals surface area contributed by atoms with Gasteiger partial charge in [0.15, 0.2) is 0 Å². The maximum absolute atomic E-state index is 13.0. The van der Waals surface area contributed by atoms with Gasteiger partial charge in [-0.15, -0.1) is 0 Å². The highest BCUT2D eigenvalue weighted by Gasteiger charge is 2.19. The summed E-state index contributed by atoms with van der Waals surface area (Å²) in [5, 5.41) is 17.2. The number of benzene rings is 4. The third-order valence-corrected chi connectivity index (χ3v) is 6.50. The summed E-state index contributed by atoms with van der Waals surface area (Å²) in [6, 6.07) is 30.1. The number of amides is 2. The van der Waals surface area contributed by atoms with Crippen LogP contribution >= 0.6 is 11.8 Å². The first-order valence-electron chi connectivity index (χ1n) is 11.2. The van der Waals surface area contributed by atoms with E-state index in [1.165, 1.54) is 18.2 Å². The molecule has 0 heterocycles. The van der Waals surface area contributed by atoms with Crippen molar-refractivity contribution in [2.75, 3.05) is 0 Å². The smallest absolute Gasteiger partial charge is 0.270 e. The molecule has 0 unspecified atom stereocenters. The molecular weight excluding hydrogens is 474 g/mol. The lowest BCUT2D eigenvalue weighted by Gasteiger charge is -2.13. The first kappa shape index (κ1) is 24.7. The van der Waals surface area contributed by atoms with E-state index in [0.717, 1.165) is 22.9 Å². The Bertz CT molecular complexity index is 1380. The highest BCUT2D eigenvalue weighted by Crippen LogP contribution is 2.35. The molecule has 0 bridgehead atoms. The van der Waals surface area contributed by atoms with E-state index in [0.29, 0.717) is 34.0 Å². The number of carbonyl (C=O) groups is 2. The van der Waals surface area contributed by atoms with Gasteiger partial charge in [-0.1, -0.05) is 84.6 Å². The minimum Gasteiger partial charge on any atom is -0.348 e. The lowest BCUT2D eigenvalue weighted by molar-refractivity contribution is -0.385. The van der Waals surface area contributed by atoms with Gasteiger partial charge in [-0.25, -0.2) is 0 Å². The van der Waals surface area contributed by atoms with Gasteiger partial charge in [0.1, 0.15) is 0 Å². The van der Waals surface area contributed by atoms with Crippen LogP contribution in [0, 0.1) is 10.1 Å². The van der Waals surface area contributed by atoms with Crippen LogP contribution in [0.4, 0.5) is 5.69 Å². The number of nitrogens with zero attached hydrogens (tertiary/aromatic N) is 1. The van der Waals surface area contributed by atoms with Gasteiger partial charge in [-0.05, 0) is 29.3 Å². The summed E-state index contributed by atoms with van der Waals surface area (Å²) in [6.45, 7) is 0.682. The lowest BCUT2D eigenvalue weighted by Crippen LogP contribution is -2.24. The Morgan fingerprint density at radius 1 is 0.667 bits per heavy atom. The molecule has 4 aromatic rings. The molecule has 0 aromatic heterocycles. The first-order chi connectivity index (χ1) is 17.5. The molecule has 4 rings (SSSR count). The summed E-state index contributed by atoms with van der Waals surface area (Å²) in [5.41, 5.74) is 2.47. The molecule has 0 atom stereocenters. The molecule has 0 saturated heterocycles. The summed E-state index contributed by atoms with van der Waals surface area (Å²) in [7, 11) is 0. The van der Waals surface area contributed by atoms with E-state index in [1.54, 1.807) is 24.3 Å². The summed E-state index contributed by atoms with van der Waals surface area (Å²) in [4.78, 5) is 37.9. The standard InChI is InChI=1S/C28H23N3O4S/c32-27(29-18-20-9-3-1-4-10-20)23-13-7-8-14-25(23)36-26-17-22(31(34)35)15-16-24(26)28(33)30-19-21-11-5-2-6-12-21/h1-17H,18-19H2,(H,29,32)(H,30,33). The average Bonchev–Trinajstić information content (AvgIpc) is 2.92. The van der Waals surface area contributed by atoms with E-state index in [4.69, 9.17) is 0 Å². The summed E-state index contributed by atoms with van der Waals surface area (Å²) < 4.78 is 0. The summed E-state index contributed by atoms with van der Waals surface area (Å²) in [6.07, 6.45) is 0. The van der Waals surface area contributed by atoms with E-state index in [1.807, 2.05) is 60.7 Å². The zero-order valence-electron chi connectivity index (χ0n) is 19.2. The Morgan fingerprint density at radius 3 is 1.72 bits per heavy atom. The van der Waals surface area contributed by atoms with Crippen LogP contribution in [0.5, 0.6) is 0 Å². The molecule has 2 N–H and O–H groups in total. The van der Waals surface area contributed by atoms with E-state index in [2.05, 4.69) is 10.6 Å². The van der Waals surface area contributed by atoms with Gasteiger partial charge in [-0.2, -0.15) is 0 Å². The van der Waals surface area contributed by atoms with Crippen molar-refractivity contribution in [3.05, 3.63) is 135 Å². The van der Waals surface area contributed by atoms with Crippen LogP contribution in [0.3, 0.4) is 0 Å². The van der Waals surface area contributed by atoms with Crippen LogP contribution in [0.15, 0.2) is 113 Å². The van der Waals surface area contributed by atoms with Crippen LogP contribution < -0.4 is 10.6 Å². The first-order valence-corrected chi connectivity index (χ1v) is 12.0. The second kappa shape index (κ2) is 11.8. The molecule has 4 aromatic carbocycles. The number of hydrogen-bond acceptors (Lipinski definition) is 5. The third-order valence-electron chi connectivity index (χ3n) is 5.36. The van der Waals surface area contributed by atoms with Crippen LogP contribution in [-0.2, 0) is 13.1 Å². The molecule has 7 nitrogen and oxygen atoms in total. The maximum atomic E-state index is 13.0. The molecule has 0 spiro atoms. The largest absolute Gasteiger partial charge is 0.348 e. The molecule has 0 saturated carbocycles. The minimum absolute atomic E-state index is 0.136. The van der Waals surface area contributed by atoms with Crippen molar-refractivity contribution in [2.24, 2.45) is 0 Å². The number of non-ortho nitro benzene ring substituents is 1. The summed E-state index contributed by atoms with van der Waals surface area (Å²) in [5.74, 6) is -0.635. The fourth-order valence-electron chi connectivity index (χ4n) is 3.51. The Balaban J connectivity index is 1.57. The third kappa shape index (κ3) is 6.37. The lowest BCUT2D eigenvalue weighted by atomic mass is 10.1. The topological polar surface area (TPSA) is 101 Å². The molecule has 8 heteroatoms. The van der Waals surface area contributed by atoms with Crippen molar-refractivity contribution in [1.29, 1.82) is 0 Å². The molecule has 180 valence electrons. The van der Waals surface area contributed by atoms with Crippen molar-refractivity contribution in [1.82, 2.24) is 10.6 Å². The van der Waals surface area contributed by atoms with Gasteiger partial charge in [0.05, 0.1) is 16.1 Å². The van der Waals surface area contributed by atoms with Crippen molar-refractivity contribution in [2.45, 2.75) is 22.9 Å². The predicted octanol–water partition coefficient (Wildman–Crippen LogP) is 5.61. The Kier molecular flexibility index (Phi) is 8.10. The second-order valence-corrected chi connectivity index (χ2v) is 8.96. The zero-order valence-corrected chi connectivity index (χ0v) is 20.0. The number of carbonyl (C=O) groups excluding carboxylic acids is 2. The molecule has 0 aliphatic heterocycles. The monoisotopic (exact) mass is 497 g/mol. The van der Waals surface area contributed by atoms with Gasteiger partial charge in [0.2, 0.25) is 0 Å². The van der Waals surface area contributed by atoms with Crippen LogP contribution in [0.25, 0.3) is 0 Å². The van der Waals surface area contributed by atoms with Gasteiger partial charge in [0, 0.05) is 35.0 Å². The number of hydrogen-bond donors (Lipinski definition) is 2. The van der Waals surface area contributed by atoms with E-state index in [9.17, 15) is 19.7 Å². The van der Waals surface area contributed by atoms with Gasteiger partial charge < -0.3 is 10.6 Å². The molecule has 2 amide bonds. The second-order valence-electron chi connectivity index (χ2n) is 7.87. The zero-order chi connectivity index (χ0) is 25.3. The van der Waals surface area contributed by atoms with Gasteiger partial charge >= 0.3 is 0 Å². The molecule has 0 fully saturated rings. The predicted molar refractivity (Wildman–Crippen MR) is 139 cm³/mol. The van der Waals surface area contributed by atoms with Crippen molar-refractivity contribution >= 4 is 29.3 Å². The van der Waals surface area contributed by atoms with Gasteiger partial charge in [0.25, 0.3) is 17.5 Å². The number of nitrogens with one attached hydrogen (secondary N) is 2. The van der Waals surface area contributed by atoms with Crippen molar-refractivity contribution in [3.8, 4) is 0 Å². The SMILES string of the molecule is O=C(NCc1ccccc1)c1ccccc1Sc1cc([N+](=O)[O-])ccc1C(=O)NCc1ccccc1. The quantitative estimate of drug-likeness (QED) is 0.231. The molecule has 36 heavy (non-hydrogen) atoms. The average molecular weight is 498 g/mol. The molecule has 0 radical (unpaired) electrons. The number of nitro benzene ring substituents is 1. The highest BCUT2D eigenvalue weighted by atomic mass is 32.2. The Hall–Kier alpha value is -4.43. The van der Waals surface area contributed by atoms with Crippen molar-refractivity contribution in [3.63, 3.8) is 0 Å². The van der Waals surface area contributed by atoms with Crippen molar-refractivity contribution < 1.29 is 14.5 Å². The van der Waals surface area contributed by atoms with E-state index < -0.39 is 4.92 Å². The Morgan fingerprint density at radius 2 is 1.17 bits per heavy atom. The van der Waals surface area contributed by atoms with Gasteiger partial charge in [-0.3, -0.25) is 19.7 Å². The fraction of sp³-hybridized carbons (Fsp3) is 0.0714. The minimum atomic E-state index is -0.506. The number of nitro groups is 1. The maximum Gasteiger partial charge on any atom is 0.270 e. The van der Waals surface area contributed by atoms with Crippen LogP contribution in [0.2, 0.25) is 0 Å². The van der Waals surface area contributed by atoms with E-state index >= 15 is 0 Å². The van der Waals surface area contributed by atoms with E-state index in [-0.39, 0.29) is 17.5 Å². The summed E-state index contributed by atoms with van der Waals surface area (Å²) >= 11 is 1.15. The normalized spacial score (nSPS) is 10.4. The van der Waals surface area contributed by atoms with Crippen LogP contribution in [-0.4, -0.2) is 16.7 Å². The molecule has 0 aliphatic rings. The number of rotatable bonds is 9. The molecular formula is C28H23N3O4S.